The number of carbonyl (C=O) groups is 1. The Morgan fingerprint density at radius 1 is 0.397 bits per heavy atom. The number of unbranched alkanes of at least 4 members (excludes halogenated alkanes) is 54. The van der Waals surface area contributed by atoms with Crippen LogP contribution in [0.2, 0.25) is 0 Å². The molecular weight excluding hydrogens is 984 g/mol. The van der Waals surface area contributed by atoms with Gasteiger partial charge < -0.3 is 28.8 Å². The maximum atomic E-state index is 13.1. The fourth-order valence-electron chi connectivity index (χ4n) is 11.3. The summed E-state index contributed by atoms with van der Waals surface area (Å²) in [5, 5.41) is 14.1. The molecule has 0 aliphatic carbocycles. The first-order chi connectivity index (χ1) is 38.0. The van der Waals surface area contributed by atoms with E-state index in [9.17, 15) is 19.4 Å². The van der Waals surface area contributed by atoms with Crippen LogP contribution in [0.1, 0.15) is 386 Å². The average Bonchev–Trinajstić information content (AvgIpc) is 3.41. The molecule has 0 rings (SSSR count). The largest absolute Gasteiger partial charge is 0.756 e. The summed E-state index contributed by atoms with van der Waals surface area (Å²) >= 11 is 0. The van der Waals surface area contributed by atoms with E-state index in [1.807, 2.05) is 21.1 Å². The van der Waals surface area contributed by atoms with Gasteiger partial charge in [-0.3, -0.25) is 9.36 Å². The van der Waals surface area contributed by atoms with Gasteiger partial charge in [0.1, 0.15) is 13.2 Å². The predicted octanol–water partition coefficient (Wildman–Crippen LogP) is 21.7. The zero-order chi connectivity index (χ0) is 57.0. The topological polar surface area (TPSA) is 108 Å². The Balaban J connectivity index is 3.96. The van der Waals surface area contributed by atoms with Crippen molar-refractivity contribution >= 4 is 13.7 Å². The Morgan fingerprint density at radius 3 is 0.872 bits per heavy atom. The second-order valence-corrected chi connectivity index (χ2v) is 27.4. The Hall–Kier alpha value is -0.500. The summed E-state index contributed by atoms with van der Waals surface area (Å²) in [7, 11) is 1.33. The molecule has 78 heavy (non-hydrogen) atoms. The van der Waals surface area contributed by atoms with Crippen molar-refractivity contribution < 1.29 is 32.9 Å². The van der Waals surface area contributed by atoms with E-state index in [4.69, 9.17) is 9.05 Å². The van der Waals surface area contributed by atoms with Crippen LogP contribution in [0, 0.1) is 0 Å². The highest BCUT2D eigenvalue weighted by molar-refractivity contribution is 7.45. The molecular formula is C69H141N2O6P. The summed E-state index contributed by atoms with van der Waals surface area (Å²) in [4.78, 5) is 25.7. The van der Waals surface area contributed by atoms with E-state index in [-0.39, 0.29) is 19.1 Å². The second kappa shape index (κ2) is 61.1. The van der Waals surface area contributed by atoms with Gasteiger partial charge >= 0.3 is 0 Å². The van der Waals surface area contributed by atoms with Gasteiger partial charge in [-0.1, -0.05) is 367 Å². The lowest BCUT2D eigenvalue weighted by Gasteiger charge is -2.30. The third-order valence-corrected chi connectivity index (χ3v) is 17.8. The fourth-order valence-corrected chi connectivity index (χ4v) is 12.1. The van der Waals surface area contributed by atoms with Crippen LogP contribution in [0.25, 0.3) is 0 Å². The summed E-state index contributed by atoms with van der Waals surface area (Å²) in [5.41, 5.74) is 0. The molecule has 0 aromatic carbocycles. The lowest BCUT2D eigenvalue weighted by Crippen LogP contribution is -2.46. The SMILES string of the molecule is CCCCCCCCCCCCCCCCCCCCCCCCCCCCCCCCCCC(=O)NC(COP(=O)([O-])OCC[N+](C)(C)C)C(O)CCCCCCCCCCCCCCCCCCCCCCCCCC. The monoisotopic (exact) mass is 1130 g/mol. The zero-order valence-corrected chi connectivity index (χ0v) is 54.6. The van der Waals surface area contributed by atoms with Crippen molar-refractivity contribution in [2.75, 3.05) is 40.9 Å². The van der Waals surface area contributed by atoms with Crippen molar-refractivity contribution in [2.45, 2.75) is 398 Å². The summed E-state index contributed by atoms with van der Waals surface area (Å²) in [5.74, 6) is -0.153. The van der Waals surface area contributed by atoms with Crippen molar-refractivity contribution in [3.63, 3.8) is 0 Å². The zero-order valence-electron chi connectivity index (χ0n) is 53.7. The number of phosphoric acid groups is 1. The van der Waals surface area contributed by atoms with Gasteiger partial charge in [-0.2, -0.15) is 0 Å². The van der Waals surface area contributed by atoms with Crippen molar-refractivity contribution in [1.82, 2.24) is 5.32 Å². The van der Waals surface area contributed by atoms with E-state index in [2.05, 4.69) is 19.2 Å². The van der Waals surface area contributed by atoms with E-state index < -0.39 is 20.0 Å². The molecule has 468 valence electrons. The number of amides is 1. The van der Waals surface area contributed by atoms with Crippen molar-refractivity contribution in [3.8, 4) is 0 Å². The van der Waals surface area contributed by atoms with Crippen LogP contribution in [-0.2, 0) is 18.4 Å². The van der Waals surface area contributed by atoms with Crippen LogP contribution in [0.3, 0.4) is 0 Å². The van der Waals surface area contributed by atoms with Gasteiger partial charge in [-0.05, 0) is 12.8 Å². The van der Waals surface area contributed by atoms with Crippen LogP contribution in [0.15, 0.2) is 0 Å². The van der Waals surface area contributed by atoms with E-state index in [1.54, 1.807) is 0 Å². The molecule has 8 nitrogen and oxygen atoms in total. The molecule has 0 bridgehead atoms. The quantitative estimate of drug-likeness (QED) is 0.0357. The van der Waals surface area contributed by atoms with Gasteiger partial charge in [0.2, 0.25) is 5.91 Å². The average molecular weight is 1130 g/mol. The van der Waals surface area contributed by atoms with Gasteiger partial charge in [-0.15, -0.1) is 0 Å². The molecule has 0 saturated heterocycles. The molecule has 3 atom stereocenters. The standard InChI is InChI=1S/C69H141N2O6P/c1-6-8-10-12-14-16-18-20-22-24-26-28-30-32-33-34-35-36-37-38-39-41-43-45-47-49-51-53-55-57-59-61-63-69(73)70-67(66-77-78(74,75)76-65-64-71(3,4)5)68(72)62-60-58-56-54-52-50-48-46-44-42-40-31-29-27-25-23-21-19-17-15-13-11-9-7-2/h67-68,72H,6-66H2,1-5H3,(H-,70,73,74,75). The first kappa shape index (κ1) is 77.5. The van der Waals surface area contributed by atoms with Crippen LogP contribution in [0.4, 0.5) is 0 Å². The summed E-state index contributed by atoms with van der Waals surface area (Å²) in [6.45, 7) is 4.80. The molecule has 3 unspecified atom stereocenters. The number of likely N-dealkylation sites (N-methyl/N-ethyl adjacent to an activating group) is 1. The Bertz CT molecular complexity index is 1230. The molecule has 0 aliphatic heterocycles. The first-order valence-corrected chi connectivity index (χ1v) is 36.8. The highest BCUT2D eigenvalue weighted by atomic mass is 31.2. The normalized spacial score (nSPS) is 13.6. The number of phosphoric ester groups is 1. The Morgan fingerprint density at radius 2 is 0.628 bits per heavy atom. The Labute approximate surface area is 489 Å². The number of hydrogen-bond donors (Lipinski definition) is 2. The number of rotatable bonds is 67. The molecule has 1 amide bonds. The van der Waals surface area contributed by atoms with Crippen LogP contribution in [-0.4, -0.2) is 68.5 Å². The highest BCUT2D eigenvalue weighted by Gasteiger charge is 2.24. The van der Waals surface area contributed by atoms with Gasteiger partial charge in [0.25, 0.3) is 7.82 Å². The molecule has 9 heteroatoms. The minimum Gasteiger partial charge on any atom is -0.756 e. The maximum absolute atomic E-state index is 13.1. The third-order valence-electron chi connectivity index (χ3n) is 16.8. The second-order valence-electron chi connectivity index (χ2n) is 26.0. The smallest absolute Gasteiger partial charge is 0.268 e. The molecule has 0 aliphatic rings. The number of aliphatic hydroxyl groups is 1. The van der Waals surface area contributed by atoms with Crippen molar-refractivity contribution in [1.29, 1.82) is 0 Å². The number of aliphatic hydroxyl groups excluding tert-OH is 1. The molecule has 0 radical (unpaired) electrons. The van der Waals surface area contributed by atoms with Crippen LogP contribution >= 0.6 is 7.82 Å². The summed E-state index contributed by atoms with van der Waals surface area (Å²) < 4.78 is 23.5. The van der Waals surface area contributed by atoms with E-state index in [0.29, 0.717) is 23.9 Å². The lowest BCUT2D eigenvalue weighted by atomic mass is 10.0. The lowest BCUT2D eigenvalue weighted by molar-refractivity contribution is -0.870. The molecule has 0 fully saturated rings. The molecule has 2 N–H and O–H groups in total. The number of carbonyl (C=O) groups excluding carboxylic acids is 1. The minimum atomic E-state index is -4.57. The maximum Gasteiger partial charge on any atom is 0.268 e. The van der Waals surface area contributed by atoms with Crippen LogP contribution < -0.4 is 10.2 Å². The molecule has 0 aromatic rings. The number of quaternary nitrogens is 1. The first-order valence-electron chi connectivity index (χ1n) is 35.4. The van der Waals surface area contributed by atoms with Crippen LogP contribution in [0.5, 0.6) is 0 Å². The van der Waals surface area contributed by atoms with Crippen molar-refractivity contribution in [3.05, 3.63) is 0 Å². The van der Waals surface area contributed by atoms with Gasteiger partial charge in [0, 0.05) is 6.42 Å². The number of nitrogens with zero attached hydrogens (tertiary/aromatic N) is 1. The molecule has 0 spiro atoms. The third kappa shape index (κ3) is 63.1. The van der Waals surface area contributed by atoms with Crippen molar-refractivity contribution in [2.24, 2.45) is 0 Å². The number of nitrogens with one attached hydrogen (secondary N) is 1. The van der Waals surface area contributed by atoms with E-state index >= 15 is 0 Å². The minimum absolute atomic E-state index is 0.0170. The highest BCUT2D eigenvalue weighted by Crippen LogP contribution is 2.38. The Kier molecular flexibility index (Phi) is 60.7. The predicted molar refractivity (Wildman–Crippen MR) is 339 cm³/mol. The van der Waals surface area contributed by atoms with E-state index in [1.165, 1.54) is 321 Å². The summed E-state index contributed by atoms with van der Waals surface area (Å²) in [6.07, 6.45) is 76.1. The van der Waals surface area contributed by atoms with Gasteiger partial charge in [-0.25, -0.2) is 0 Å². The van der Waals surface area contributed by atoms with Gasteiger partial charge in [0.05, 0.1) is 39.9 Å². The number of hydrogen-bond acceptors (Lipinski definition) is 6. The molecule has 0 aromatic heterocycles. The summed E-state index contributed by atoms with van der Waals surface area (Å²) in [6, 6.07) is -0.797. The fraction of sp³-hybridized carbons (Fsp3) is 0.986. The van der Waals surface area contributed by atoms with E-state index in [0.717, 1.165) is 38.5 Å². The molecule has 0 saturated carbocycles. The molecule has 0 heterocycles. The van der Waals surface area contributed by atoms with Gasteiger partial charge in [0.15, 0.2) is 0 Å².